The van der Waals surface area contributed by atoms with Gasteiger partial charge in [0.25, 0.3) is 0 Å². The average molecular weight is 211 g/mol. The number of allylic oxidation sites excluding steroid dienone is 2. The Hall–Kier alpha value is -0.343. The Kier molecular flexibility index (Phi) is 4.82. The predicted octanol–water partition coefficient (Wildman–Crippen LogP) is 3.50. The first kappa shape index (κ1) is 13.7. The molecule has 0 spiro atoms. The second-order valence-corrected chi connectivity index (χ2v) is 10.7. The predicted molar refractivity (Wildman–Crippen MR) is 69.1 cm³/mol. The van der Waals surface area contributed by atoms with Crippen LogP contribution in [-0.4, -0.2) is 14.6 Å². The van der Waals surface area contributed by atoms with E-state index in [-0.39, 0.29) is 0 Å². The molecule has 0 rings (SSSR count). The van der Waals surface area contributed by atoms with E-state index in [1.807, 2.05) is 6.08 Å². The molecule has 82 valence electrons. The summed E-state index contributed by atoms with van der Waals surface area (Å²) in [6, 6.07) is 0. The Balaban J connectivity index is 5.00. The summed E-state index contributed by atoms with van der Waals surface area (Å²) < 4.78 is 0. The van der Waals surface area contributed by atoms with E-state index in [1.54, 1.807) is 0 Å². The highest BCUT2D eigenvalue weighted by Gasteiger charge is 2.37. The van der Waals surface area contributed by atoms with Gasteiger partial charge < -0.3 is 5.73 Å². The van der Waals surface area contributed by atoms with Crippen LogP contribution in [0.3, 0.4) is 0 Å². The van der Waals surface area contributed by atoms with Crippen LogP contribution in [0, 0.1) is 0 Å². The standard InChI is InChI=1S/C12H25NSi/c1-7-8-11(9-10-13)14(5,6)12(2,3)4/h7-8H,1,9-10,13H2,2-6H3. The summed E-state index contributed by atoms with van der Waals surface area (Å²) >= 11 is 0. The molecule has 0 aromatic carbocycles. The minimum absolute atomic E-state index is 0.386. The van der Waals surface area contributed by atoms with E-state index < -0.39 is 8.07 Å². The van der Waals surface area contributed by atoms with Gasteiger partial charge in [-0.3, -0.25) is 0 Å². The van der Waals surface area contributed by atoms with E-state index in [0.29, 0.717) is 5.04 Å². The zero-order chi connectivity index (χ0) is 11.4. The topological polar surface area (TPSA) is 26.0 Å². The van der Waals surface area contributed by atoms with Gasteiger partial charge in [0, 0.05) is 0 Å². The van der Waals surface area contributed by atoms with Crippen molar-refractivity contribution in [3.63, 3.8) is 0 Å². The van der Waals surface area contributed by atoms with Crippen LogP contribution >= 0.6 is 0 Å². The van der Waals surface area contributed by atoms with Crippen molar-refractivity contribution >= 4 is 8.07 Å². The van der Waals surface area contributed by atoms with E-state index in [9.17, 15) is 0 Å². The zero-order valence-corrected chi connectivity index (χ0v) is 11.4. The minimum atomic E-state index is -1.37. The maximum Gasteiger partial charge on any atom is 0.0808 e. The van der Waals surface area contributed by atoms with Crippen molar-refractivity contribution in [1.29, 1.82) is 0 Å². The molecule has 0 heterocycles. The SMILES string of the molecule is C=CC=C(CCN)[Si](C)(C)C(C)(C)C. The third-order valence-corrected chi connectivity index (χ3v) is 9.18. The van der Waals surface area contributed by atoms with Gasteiger partial charge in [-0.05, 0) is 18.0 Å². The lowest BCUT2D eigenvalue weighted by molar-refractivity contribution is 0.720. The van der Waals surface area contributed by atoms with Crippen LogP contribution in [0.1, 0.15) is 27.2 Å². The minimum Gasteiger partial charge on any atom is -0.330 e. The average Bonchev–Trinajstić information content (AvgIpc) is 2.02. The molecule has 0 aliphatic rings. The lowest BCUT2D eigenvalue weighted by Crippen LogP contribution is -2.40. The first-order valence-corrected chi connectivity index (χ1v) is 8.29. The van der Waals surface area contributed by atoms with E-state index in [0.717, 1.165) is 13.0 Å². The van der Waals surface area contributed by atoms with Gasteiger partial charge in [0.15, 0.2) is 0 Å². The second-order valence-electron chi connectivity index (χ2n) is 5.34. The molecule has 0 saturated heterocycles. The highest BCUT2D eigenvalue weighted by Crippen LogP contribution is 2.41. The first-order valence-electron chi connectivity index (χ1n) is 5.29. The number of nitrogens with two attached hydrogens (primary N) is 1. The zero-order valence-electron chi connectivity index (χ0n) is 10.4. The Bertz CT molecular complexity index is 221. The molecule has 0 aliphatic heterocycles. The van der Waals surface area contributed by atoms with Gasteiger partial charge in [-0.1, -0.05) is 57.8 Å². The third-order valence-electron chi connectivity index (χ3n) is 3.41. The van der Waals surface area contributed by atoms with Gasteiger partial charge in [-0.25, -0.2) is 0 Å². The van der Waals surface area contributed by atoms with Crippen LogP contribution in [-0.2, 0) is 0 Å². The van der Waals surface area contributed by atoms with Crippen molar-refractivity contribution in [1.82, 2.24) is 0 Å². The summed E-state index contributed by atoms with van der Waals surface area (Å²) in [4.78, 5) is 0. The number of hydrogen-bond acceptors (Lipinski definition) is 1. The normalized spacial score (nSPS) is 14.3. The highest BCUT2D eigenvalue weighted by molar-refractivity contribution is 6.86. The molecule has 1 nitrogen and oxygen atoms in total. The fraction of sp³-hybridized carbons (Fsp3) is 0.667. The lowest BCUT2D eigenvalue weighted by Gasteiger charge is -2.39. The van der Waals surface area contributed by atoms with Crippen LogP contribution in [0.4, 0.5) is 0 Å². The fourth-order valence-corrected chi connectivity index (χ4v) is 3.65. The van der Waals surface area contributed by atoms with Crippen molar-refractivity contribution in [3.8, 4) is 0 Å². The quantitative estimate of drug-likeness (QED) is 0.559. The summed E-state index contributed by atoms with van der Waals surface area (Å²) in [6.07, 6.45) is 5.08. The van der Waals surface area contributed by atoms with E-state index in [1.165, 1.54) is 5.20 Å². The molecule has 0 saturated carbocycles. The smallest absolute Gasteiger partial charge is 0.0808 e. The summed E-state index contributed by atoms with van der Waals surface area (Å²) in [7, 11) is -1.37. The molecule has 0 amide bonds. The summed E-state index contributed by atoms with van der Waals surface area (Å²) in [5.74, 6) is 0. The fourth-order valence-electron chi connectivity index (χ4n) is 1.38. The molecule has 0 unspecified atom stereocenters. The van der Waals surface area contributed by atoms with E-state index in [2.05, 4.69) is 46.5 Å². The number of rotatable bonds is 4. The molecule has 0 aromatic rings. The molecular weight excluding hydrogens is 186 g/mol. The molecule has 0 radical (unpaired) electrons. The van der Waals surface area contributed by atoms with Crippen LogP contribution in [0.25, 0.3) is 0 Å². The van der Waals surface area contributed by atoms with Gasteiger partial charge in [0.05, 0.1) is 8.07 Å². The van der Waals surface area contributed by atoms with Crippen LogP contribution in [0.15, 0.2) is 23.9 Å². The van der Waals surface area contributed by atoms with E-state index >= 15 is 0 Å². The Morgan fingerprint density at radius 2 is 1.86 bits per heavy atom. The maximum absolute atomic E-state index is 5.65. The first-order chi connectivity index (χ1) is 6.27. The second kappa shape index (κ2) is 4.94. The Morgan fingerprint density at radius 1 is 1.36 bits per heavy atom. The van der Waals surface area contributed by atoms with Gasteiger partial charge in [0.1, 0.15) is 0 Å². The van der Waals surface area contributed by atoms with Crippen LogP contribution in [0.5, 0.6) is 0 Å². The van der Waals surface area contributed by atoms with Gasteiger partial charge in [-0.2, -0.15) is 0 Å². The molecule has 0 aromatic heterocycles. The van der Waals surface area contributed by atoms with Crippen molar-refractivity contribution in [3.05, 3.63) is 23.9 Å². The number of hydrogen-bond donors (Lipinski definition) is 1. The van der Waals surface area contributed by atoms with Gasteiger partial charge >= 0.3 is 0 Å². The molecule has 0 bridgehead atoms. The molecule has 0 fully saturated rings. The molecule has 2 N–H and O–H groups in total. The van der Waals surface area contributed by atoms with Crippen molar-refractivity contribution < 1.29 is 0 Å². The molecule has 0 atom stereocenters. The van der Waals surface area contributed by atoms with E-state index in [4.69, 9.17) is 5.73 Å². The molecule has 0 aliphatic carbocycles. The summed E-state index contributed by atoms with van der Waals surface area (Å²) in [6.45, 7) is 16.3. The third kappa shape index (κ3) is 3.10. The van der Waals surface area contributed by atoms with Gasteiger partial charge in [0.2, 0.25) is 0 Å². The monoisotopic (exact) mass is 211 g/mol. The van der Waals surface area contributed by atoms with Gasteiger partial charge in [-0.15, -0.1) is 0 Å². The largest absolute Gasteiger partial charge is 0.330 e. The van der Waals surface area contributed by atoms with Crippen LogP contribution < -0.4 is 5.73 Å². The lowest BCUT2D eigenvalue weighted by atomic mass is 10.2. The van der Waals surface area contributed by atoms with Crippen molar-refractivity contribution in [2.75, 3.05) is 6.54 Å². The molecular formula is C12H25NSi. The Labute approximate surface area is 90.1 Å². The molecule has 14 heavy (non-hydrogen) atoms. The highest BCUT2D eigenvalue weighted by atomic mass is 28.3. The maximum atomic E-state index is 5.65. The van der Waals surface area contributed by atoms with Crippen molar-refractivity contribution in [2.45, 2.75) is 45.3 Å². The summed E-state index contributed by atoms with van der Waals surface area (Å²) in [5, 5.41) is 1.92. The van der Waals surface area contributed by atoms with Crippen LogP contribution in [0.2, 0.25) is 18.1 Å². The molecule has 2 heteroatoms. The summed E-state index contributed by atoms with van der Waals surface area (Å²) in [5.41, 5.74) is 5.65. The Morgan fingerprint density at radius 3 is 2.14 bits per heavy atom. The van der Waals surface area contributed by atoms with Crippen molar-refractivity contribution in [2.24, 2.45) is 5.73 Å².